The maximum atomic E-state index is 6.14. The Balaban J connectivity index is 1.98. The molecular formula is C14H19N3S. The van der Waals surface area contributed by atoms with E-state index in [2.05, 4.69) is 41.1 Å². The highest BCUT2D eigenvalue weighted by atomic mass is 32.2. The Labute approximate surface area is 112 Å². The molecule has 0 saturated carbocycles. The van der Waals surface area contributed by atoms with Crippen LogP contribution >= 0.6 is 11.8 Å². The van der Waals surface area contributed by atoms with Crippen molar-refractivity contribution in [1.29, 1.82) is 0 Å². The van der Waals surface area contributed by atoms with Crippen molar-refractivity contribution in [2.24, 2.45) is 10.7 Å². The molecule has 2 aliphatic rings. The number of thioether (sulfide) groups is 1. The average molecular weight is 261 g/mol. The van der Waals surface area contributed by atoms with Gasteiger partial charge in [-0.2, -0.15) is 11.8 Å². The Morgan fingerprint density at radius 1 is 1.33 bits per heavy atom. The molecule has 3 rings (SSSR count). The molecule has 1 aromatic carbocycles. The van der Waals surface area contributed by atoms with Gasteiger partial charge in [-0.25, -0.2) is 0 Å². The SMILES string of the molecule is Cc1cccc(N2C(N)=NCC23CCSCC3)c1. The Morgan fingerprint density at radius 3 is 2.83 bits per heavy atom. The van der Waals surface area contributed by atoms with Crippen molar-refractivity contribution in [3.8, 4) is 0 Å². The van der Waals surface area contributed by atoms with Crippen LogP contribution in [0.2, 0.25) is 0 Å². The van der Waals surface area contributed by atoms with Gasteiger partial charge in [-0.1, -0.05) is 12.1 Å². The van der Waals surface area contributed by atoms with Crippen LogP contribution < -0.4 is 10.6 Å². The lowest BCUT2D eigenvalue weighted by atomic mass is 9.90. The first kappa shape index (κ1) is 11.9. The molecule has 0 aliphatic carbocycles. The van der Waals surface area contributed by atoms with Crippen LogP contribution in [0.5, 0.6) is 0 Å². The Bertz CT molecular complexity index is 478. The smallest absolute Gasteiger partial charge is 0.196 e. The molecule has 1 aromatic rings. The summed E-state index contributed by atoms with van der Waals surface area (Å²) in [6.45, 7) is 2.98. The van der Waals surface area contributed by atoms with Crippen LogP contribution in [0.25, 0.3) is 0 Å². The van der Waals surface area contributed by atoms with Crippen LogP contribution in [-0.2, 0) is 0 Å². The number of hydrogen-bond acceptors (Lipinski definition) is 4. The summed E-state index contributed by atoms with van der Waals surface area (Å²) in [6.07, 6.45) is 2.35. The molecular weight excluding hydrogens is 242 g/mol. The largest absolute Gasteiger partial charge is 0.369 e. The third-order valence-electron chi connectivity index (χ3n) is 3.92. The molecule has 4 heteroatoms. The second-order valence-corrected chi connectivity index (χ2v) is 6.41. The highest BCUT2D eigenvalue weighted by Crippen LogP contribution is 2.38. The van der Waals surface area contributed by atoms with E-state index in [1.54, 1.807) is 0 Å². The van der Waals surface area contributed by atoms with Crippen molar-refractivity contribution in [2.75, 3.05) is 23.0 Å². The van der Waals surface area contributed by atoms with E-state index in [0.717, 1.165) is 6.54 Å². The van der Waals surface area contributed by atoms with Gasteiger partial charge >= 0.3 is 0 Å². The lowest BCUT2D eigenvalue weighted by molar-refractivity contribution is 0.424. The number of benzene rings is 1. The molecule has 2 N–H and O–H groups in total. The van der Waals surface area contributed by atoms with Gasteiger partial charge in [-0.05, 0) is 49.0 Å². The summed E-state index contributed by atoms with van der Waals surface area (Å²) in [5, 5.41) is 0. The van der Waals surface area contributed by atoms with Crippen LogP contribution in [0.1, 0.15) is 18.4 Å². The zero-order chi connectivity index (χ0) is 12.6. The Morgan fingerprint density at radius 2 is 2.11 bits per heavy atom. The first-order valence-corrected chi connectivity index (χ1v) is 7.61. The van der Waals surface area contributed by atoms with E-state index in [4.69, 9.17) is 5.73 Å². The zero-order valence-corrected chi connectivity index (χ0v) is 11.5. The predicted molar refractivity (Wildman–Crippen MR) is 79.4 cm³/mol. The van der Waals surface area contributed by atoms with E-state index >= 15 is 0 Å². The van der Waals surface area contributed by atoms with Crippen molar-refractivity contribution < 1.29 is 0 Å². The molecule has 0 amide bonds. The molecule has 1 spiro atoms. The summed E-state index contributed by atoms with van der Waals surface area (Å²) < 4.78 is 0. The number of aliphatic imine (C=N–C) groups is 1. The number of nitrogens with two attached hydrogens (primary N) is 1. The minimum absolute atomic E-state index is 0.142. The number of nitrogens with zero attached hydrogens (tertiary/aromatic N) is 2. The van der Waals surface area contributed by atoms with E-state index in [1.807, 2.05) is 11.8 Å². The highest BCUT2D eigenvalue weighted by molar-refractivity contribution is 7.99. The molecule has 3 nitrogen and oxygen atoms in total. The number of guanidine groups is 1. The minimum Gasteiger partial charge on any atom is -0.369 e. The molecule has 18 heavy (non-hydrogen) atoms. The summed E-state index contributed by atoms with van der Waals surface area (Å²) in [4.78, 5) is 6.79. The van der Waals surface area contributed by atoms with Gasteiger partial charge in [0.1, 0.15) is 0 Å². The third kappa shape index (κ3) is 1.88. The standard InChI is InChI=1S/C14H19N3S/c1-11-3-2-4-12(9-11)17-13(15)16-10-14(17)5-7-18-8-6-14/h2-4,9H,5-8,10H2,1H3,(H2,15,16). The van der Waals surface area contributed by atoms with Gasteiger partial charge < -0.3 is 10.6 Å². The minimum atomic E-state index is 0.142. The van der Waals surface area contributed by atoms with Crippen LogP contribution in [0.4, 0.5) is 5.69 Å². The van der Waals surface area contributed by atoms with Crippen molar-refractivity contribution in [3.05, 3.63) is 29.8 Å². The fraction of sp³-hybridized carbons (Fsp3) is 0.500. The van der Waals surface area contributed by atoms with E-state index in [9.17, 15) is 0 Å². The summed E-state index contributed by atoms with van der Waals surface area (Å²) in [6, 6.07) is 8.57. The van der Waals surface area contributed by atoms with Crippen LogP contribution in [0.15, 0.2) is 29.3 Å². The topological polar surface area (TPSA) is 41.6 Å². The third-order valence-corrected chi connectivity index (χ3v) is 4.91. The lowest BCUT2D eigenvalue weighted by Crippen LogP contribution is -2.54. The van der Waals surface area contributed by atoms with Gasteiger partial charge in [0.05, 0.1) is 12.1 Å². The molecule has 0 bridgehead atoms. The van der Waals surface area contributed by atoms with Gasteiger partial charge in [0.15, 0.2) is 5.96 Å². The molecule has 96 valence electrons. The van der Waals surface area contributed by atoms with Crippen LogP contribution in [0.3, 0.4) is 0 Å². The van der Waals surface area contributed by atoms with Gasteiger partial charge in [0.2, 0.25) is 0 Å². The molecule has 2 aliphatic heterocycles. The summed E-state index contributed by atoms with van der Waals surface area (Å²) in [5.74, 6) is 3.11. The Hall–Kier alpha value is -1.16. The first-order chi connectivity index (χ1) is 8.71. The van der Waals surface area contributed by atoms with Gasteiger partial charge in [0.25, 0.3) is 0 Å². The number of hydrogen-bond donors (Lipinski definition) is 1. The van der Waals surface area contributed by atoms with E-state index in [0.29, 0.717) is 5.96 Å². The van der Waals surface area contributed by atoms with E-state index in [-0.39, 0.29) is 5.54 Å². The lowest BCUT2D eigenvalue weighted by Gasteiger charge is -2.41. The quantitative estimate of drug-likeness (QED) is 0.844. The second kappa shape index (κ2) is 4.50. The van der Waals surface area contributed by atoms with Gasteiger partial charge in [0, 0.05) is 5.69 Å². The second-order valence-electron chi connectivity index (χ2n) is 5.19. The maximum Gasteiger partial charge on any atom is 0.196 e. The first-order valence-electron chi connectivity index (χ1n) is 6.46. The normalized spacial score (nSPS) is 22.3. The molecule has 0 radical (unpaired) electrons. The van der Waals surface area contributed by atoms with Crippen LogP contribution in [0, 0.1) is 6.92 Å². The molecule has 0 unspecified atom stereocenters. The van der Waals surface area contributed by atoms with Crippen molar-refractivity contribution in [2.45, 2.75) is 25.3 Å². The van der Waals surface area contributed by atoms with Crippen molar-refractivity contribution >= 4 is 23.4 Å². The average Bonchev–Trinajstić information content (AvgIpc) is 2.67. The fourth-order valence-electron chi connectivity index (χ4n) is 2.92. The van der Waals surface area contributed by atoms with E-state index in [1.165, 1.54) is 35.6 Å². The Kier molecular flexibility index (Phi) is 2.98. The van der Waals surface area contributed by atoms with Crippen molar-refractivity contribution in [1.82, 2.24) is 0 Å². The molecule has 0 aromatic heterocycles. The number of anilines is 1. The monoisotopic (exact) mass is 261 g/mol. The van der Waals surface area contributed by atoms with Crippen LogP contribution in [-0.4, -0.2) is 29.5 Å². The molecule has 2 heterocycles. The van der Waals surface area contributed by atoms with Gasteiger partial charge in [-0.3, -0.25) is 4.99 Å². The molecule has 0 atom stereocenters. The summed E-state index contributed by atoms with van der Waals surface area (Å²) in [7, 11) is 0. The predicted octanol–water partition coefficient (Wildman–Crippen LogP) is 2.40. The highest BCUT2D eigenvalue weighted by Gasteiger charge is 2.43. The zero-order valence-electron chi connectivity index (χ0n) is 10.7. The van der Waals surface area contributed by atoms with Gasteiger partial charge in [-0.15, -0.1) is 0 Å². The fourth-order valence-corrected chi connectivity index (χ4v) is 4.17. The molecule has 1 saturated heterocycles. The number of aryl methyl sites for hydroxylation is 1. The maximum absolute atomic E-state index is 6.14. The molecule has 1 fully saturated rings. The summed E-state index contributed by atoms with van der Waals surface area (Å²) >= 11 is 2.04. The van der Waals surface area contributed by atoms with E-state index < -0.39 is 0 Å². The van der Waals surface area contributed by atoms with Crippen molar-refractivity contribution in [3.63, 3.8) is 0 Å². The number of rotatable bonds is 1. The summed E-state index contributed by atoms with van der Waals surface area (Å²) in [5.41, 5.74) is 8.74.